The van der Waals surface area contributed by atoms with Gasteiger partial charge in [-0.15, -0.1) is 0 Å². The van der Waals surface area contributed by atoms with Crippen LogP contribution in [0.4, 0.5) is 11.4 Å². The Morgan fingerprint density at radius 3 is 1.46 bits per heavy atom. The van der Waals surface area contributed by atoms with Crippen LogP contribution in [0.2, 0.25) is 0 Å². The number of nitrogens with one attached hydrogen (secondary N) is 2. The molecule has 0 saturated carbocycles. The van der Waals surface area contributed by atoms with Crippen molar-refractivity contribution in [1.82, 2.24) is 4.98 Å². The second-order valence-corrected chi connectivity index (χ2v) is 5.76. The maximum Gasteiger partial charge on any atom is 0.0867 e. The van der Waals surface area contributed by atoms with Crippen molar-refractivity contribution in [3.63, 3.8) is 0 Å². The van der Waals surface area contributed by atoms with Crippen molar-refractivity contribution in [2.75, 3.05) is 10.9 Å². The second-order valence-electron chi connectivity index (χ2n) is 5.76. The summed E-state index contributed by atoms with van der Waals surface area (Å²) in [5.41, 5.74) is 11.2. The fourth-order valence-corrected chi connectivity index (χ4v) is 2.27. The van der Waals surface area contributed by atoms with Gasteiger partial charge in [0.25, 0.3) is 0 Å². The first kappa shape index (κ1) is 17.4. The van der Waals surface area contributed by atoms with E-state index < -0.39 is 0 Å². The van der Waals surface area contributed by atoms with Crippen LogP contribution in [0.25, 0.3) is 0 Å². The van der Waals surface area contributed by atoms with Crippen molar-refractivity contribution in [3.8, 4) is 0 Å². The summed E-state index contributed by atoms with van der Waals surface area (Å²) in [6.07, 6.45) is 0. The van der Waals surface area contributed by atoms with Crippen LogP contribution in [0.15, 0.2) is 89.1 Å². The summed E-state index contributed by atoms with van der Waals surface area (Å²) in [4.78, 5) is 4.66. The highest BCUT2D eigenvalue weighted by Gasteiger charge is 2.04. The number of hydrogen-bond donors (Lipinski definition) is 2. The van der Waals surface area contributed by atoms with Gasteiger partial charge in [-0.1, -0.05) is 42.5 Å². The van der Waals surface area contributed by atoms with E-state index in [1.54, 1.807) is 0 Å². The molecule has 0 aliphatic rings. The van der Waals surface area contributed by atoms with Gasteiger partial charge in [0.15, 0.2) is 0 Å². The fraction of sp³-hybridized carbons (Fsp3) is 0.0952. The van der Waals surface area contributed by atoms with Gasteiger partial charge in [0.1, 0.15) is 0 Å². The Balaban J connectivity index is 1.72. The summed E-state index contributed by atoms with van der Waals surface area (Å²) in [7, 11) is 0. The molecule has 26 heavy (non-hydrogen) atoms. The Morgan fingerprint density at radius 1 is 0.615 bits per heavy atom. The Bertz CT molecular complexity index is 829. The van der Waals surface area contributed by atoms with Crippen LogP contribution < -0.4 is 10.9 Å². The van der Waals surface area contributed by atoms with Crippen LogP contribution in [0.1, 0.15) is 25.2 Å². The van der Waals surface area contributed by atoms with Crippen LogP contribution >= 0.6 is 0 Å². The van der Waals surface area contributed by atoms with Crippen molar-refractivity contribution in [2.24, 2.45) is 10.2 Å². The van der Waals surface area contributed by atoms with Crippen molar-refractivity contribution < 1.29 is 0 Å². The van der Waals surface area contributed by atoms with E-state index in [0.29, 0.717) is 0 Å². The molecule has 0 atom stereocenters. The monoisotopic (exact) mass is 343 g/mol. The van der Waals surface area contributed by atoms with Gasteiger partial charge in [-0.05, 0) is 50.2 Å². The molecule has 1 aromatic heterocycles. The highest BCUT2D eigenvalue weighted by Crippen LogP contribution is 2.08. The van der Waals surface area contributed by atoms with Gasteiger partial charge in [-0.25, -0.2) is 4.98 Å². The van der Waals surface area contributed by atoms with E-state index in [4.69, 9.17) is 0 Å². The SMILES string of the molecule is C/C(=N\Nc1ccccc1)c1cccc(/C(C)=N/Nc2ccccc2)n1. The number of pyridine rings is 1. The van der Waals surface area contributed by atoms with Crippen LogP contribution in [0.5, 0.6) is 0 Å². The van der Waals surface area contributed by atoms with Crippen molar-refractivity contribution in [2.45, 2.75) is 13.8 Å². The fourth-order valence-electron chi connectivity index (χ4n) is 2.27. The van der Waals surface area contributed by atoms with Crippen molar-refractivity contribution >= 4 is 22.8 Å². The quantitative estimate of drug-likeness (QED) is 0.501. The Morgan fingerprint density at radius 2 is 1.04 bits per heavy atom. The van der Waals surface area contributed by atoms with E-state index in [1.165, 1.54) is 0 Å². The molecule has 5 nitrogen and oxygen atoms in total. The molecule has 3 aromatic rings. The van der Waals surface area contributed by atoms with Crippen molar-refractivity contribution in [1.29, 1.82) is 0 Å². The second kappa shape index (κ2) is 8.58. The summed E-state index contributed by atoms with van der Waals surface area (Å²) in [5.74, 6) is 0. The van der Waals surface area contributed by atoms with Gasteiger partial charge in [0.2, 0.25) is 0 Å². The largest absolute Gasteiger partial charge is 0.278 e. The molecule has 0 aliphatic carbocycles. The summed E-state index contributed by atoms with van der Waals surface area (Å²) in [5, 5.41) is 8.81. The van der Waals surface area contributed by atoms with Gasteiger partial charge in [0.05, 0.1) is 34.2 Å². The zero-order chi connectivity index (χ0) is 18.2. The van der Waals surface area contributed by atoms with Crippen LogP contribution in [-0.4, -0.2) is 16.4 Å². The van der Waals surface area contributed by atoms with Gasteiger partial charge < -0.3 is 0 Å². The molecular weight excluding hydrogens is 322 g/mol. The molecule has 0 spiro atoms. The third-order valence-electron chi connectivity index (χ3n) is 3.74. The smallest absolute Gasteiger partial charge is 0.0867 e. The molecule has 0 bridgehead atoms. The topological polar surface area (TPSA) is 61.7 Å². The number of benzene rings is 2. The average molecular weight is 343 g/mol. The lowest BCUT2D eigenvalue weighted by atomic mass is 10.2. The molecule has 1 heterocycles. The Labute approximate surface area is 153 Å². The lowest BCUT2D eigenvalue weighted by Crippen LogP contribution is -2.08. The minimum absolute atomic E-state index is 0.805. The molecule has 0 aliphatic heterocycles. The molecule has 3 rings (SSSR count). The number of hydrazone groups is 2. The Kier molecular flexibility index (Phi) is 5.72. The molecule has 0 amide bonds. The third kappa shape index (κ3) is 4.77. The predicted octanol–water partition coefficient (Wildman–Crippen LogP) is 4.75. The molecule has 0 unspecified atom stereocenters. The predicted molar refractivity (Wildman–Crippen MR) is 109 cm³/mol. The number of hydrogen-bond acceptors (Lipinski definition) is 5. The van der Waals surface area contributed by atoms with E-state index in [2.05, 4.69) is 26.0 Å². The maximum absolute atomic E-state index is 4.66. The maximum atomic E-state index is 4.66. The summed E-state index contributed by atoms with van der Waals surface area (Å²) >= 11 is 0. The molecule has 0 fully saturated rings. The van der Waals surface area contributed by atoms with Gasteiger partial charge in [-0.2, -0.15) is 10.2 Å². The van der Waals surface area contributed by atoms with Gasteiger partial charge in [-0.3, -0.25) is 10.9 Å². The molecule has 5 heteroatoms. The van der Waals surface area contributed by atoms with E-state index in [0.717, 1.165) is 34.2 Å². The van der Waals surface area contributed by atoms with Crippen LogP contribution in [-0.2, 0) is 0 Å². The molecule has 130 valence electrons. The normalized spacial score (nSPS) is 11.9. The van der Waals surface area contributed by atoms with E-state index in [9.17, 15) is 0 Å². The highest BCUT2D eigenvalue weighted by molar-refractivity contribution is 6.01. The average Bonchev–Trinajstić information content (AvgIpc) is 2.72. The highest BCUT2D eigenvalue weighted by atomic mass is 15.3. The van der Waals surface area contributed by atoms with Gasteiger partial charge in [0, 0.05) is 0 Å². The third-order valence-corrected chi connectivity index (χ3v) is 3.74. The van der Waals surface area contributed by atoms with Crippen LogP contribution in [0.3, 0.4) is 0 Å². The zero-order valence-corrected chi connectivity index (χ0v) is 14.8. The zero-order valence-electron chi connectivity index (χ0n) is 14.8. The standard InChI is InChI=1S/C21H21N5/c1-16(23-25-18-10-5-3-6-11-18)20-14-9-15-21(22-20)17(2)24-26-19-12-7-4-8-13-19/h3-15,25-26H,1-2H3/b23-16+,24-17+. The number of aromatic nitrogens is 1. The minimum atomic E-state index is 0.805. The summed E-state index contributed by atoms with van der Waals surface area (Å²) < 4.78 is 0. The molecule has 0 saturated heterocycles. The number of anilines is 2. The molecule has 0 radical (unpaired) electrons. The van der Waals surface area contributed by atoms with Gasteiger partial charge >= 0.3 is 0 Å². The number of rotatable bonds is 6. The summed E-state index contributed by atoms with van der Waals surface area (Å²) in [6.45, 7) is 3.85. The van der Waals surface area contributed by atoms with E-state index >= 15 is 0 Å². The number of para-hydroxylation sites is 2. The van der Waals surface area contributed by atoms with E-state index in [-0.39, 0.29) is 0 Å². The minimum Gasteiger partial charge on any atom is -0.278 e. The number of nitrogens with zero attached hydrogens (tertiary/aromatic N) is 3. The molecule has 2 aromatic carbocycles. The first-order valence-corrected chi connectivity index (χ1v) is 8.41. The first-order valence-electron chi connectivity index (χ1n) is 8.41. The molecule has 2 N–H and O–H groups in total. The van der Waals surface area contributed by atoms with E-state index in [1.807, 2.05) is 92.7 Å². The lowest BCUT2D eigenvalue weighted by molar-refractivity contribution is 1.21. The lowest BCUT2D eigenvalue weighted by Gasteiger charge is -2.06. The molecular formula is C21H21N5. The van der Waals surface area contributed by atoms with Crippen molar-refractivity contribution in [3.05, 3.63) is 90.3 Å². The first-order chi connectivity index (χ1) is 12.7. The Hall–Kier alpha value is -3.47. The summed E-state index contributed by atoms with van der Waals surface area (Å²) in [6, 6.07) is 25.5. The van der Waals surface area contributed by atoms with Crippen LogP contribution in [0, 0.1) is 0 Å².